The number of aromatic nitrogens is 1. The molecular weight excluding hydrogens is 274 g/mol. The largest absolute Gasteiger partial charge is 0.478 e. The average Bonchev–Trinajstić information content (AvgIpc) is 2.29. The fourth-order valence-electron chi connectivity index (χ4n) is 1.28. The van der Waals surface area contributed by atoms with Crippen LogP contribution >= 0.6 is 11.8 Å². The molecule has 1 N–H and O–H groups in total. The fraction of sp³-hybridized carbons (Fsp3) is 0.455. The number of nitrogens with zero attached hydrogens (tertiary/aromatic N) is 1. The molecule has 0 saturated heterocycles. The molecule has 0 aromatic carbocycles. The van der Waals surface area contributed by atoms with E-state index in [4.69, 9.17) is 5.11 Å². The Morgan fingerprint density at radius 3 is 2.61 bits per heavy atom. The first kappa shape index (κ1) is 15.0. The molecule has 5 nitrogen and oxygen atoms in total. The zero-order valence-corrected chi connectivity index (χ0v) is 11.6. The summed E-state index contributed by atoms with van der Waals surface area (Å²) >= 11 is 1.31. The van der Waals surface area contributed by atoms with Crippen LogP contribution in [0.2, 0.25) is 0 Å². The number of hydrogen-bond acceptors (Lipinski definition) is 5. The van der Waals surface area contributed by atoms with E-state index in [2.05, 4.69) is 4.98 Å². The highest BCUT2D eigenvalue weighted by atomic mass is 32.2. The maximum absolute atomic E-state index is 11.5. The second-order valence-corrected chi connectivity index (χ2v) is 7.11. The Labute approximate surface area is 111 Å². The monoisotopic (exact) mass is 289 g/mol. The first-order valence-electron chi connectivity index (χ1n) is 5.47. The molecule has 0 aliphatic heterocycles. The molecular formula is C11H15NO4S2. The van der Waals surface area contributed by atoms with E-state index in [-0.39, 0.29) is 17.1 Å². The van der Waals surface area contributed by atoms with Crippen molar-refractivity contribution in [2.24, 2.45) is 0 Å². The van der Waals surface area contributed by atoms with E-state index in [1.54, 1.807) is 6.07 Å². The van der Waals surface area contributed by atoms with Gasteiger partial charge in [0.05, 0.1) is 16.3 Å². The second kappa shape index (κ2) is 6.75. The molecule has 0 atom stereocenters. The van der Waals surface area contributed by atoms with Crippen LogP contribution < -0.4 is 0 Å². The van der Waals surface area contributed by atoms with E-state index in [0.717, 1.165) is 0 Å². The smallest absolute Gasteiger partial charge is 0.337 e. The number of carboxylic acids is 1. The summed E-state index contributed by atoms with van der Waals surface area (Å²) in [6.07, 6.45) is 1.89. The van der Waals surface area contributed by atoms with Gasteiger partial charge in [0, 0.05) is 17.7 Å². The number of carboxylic acid groups (broad SMARTS) is 1. The van der Waals surface area contributed by atoms with Crippen molar-refractivity contribution in [3.63, 3.8) is 0 Å². The van der Waals surface area contributed by atoms with Crippen molar-refractivity contribution in [1.29, 1.82) is 0 Å². The quantitative estimate of drug-likeness (QED) is 0.769. The van der Waals surface area contributed by atoms with Crippen LogP contribution in [0.4, 0.5) is 0 Å². The van der Waals surface area contributed by atoms with Gasteiger partial charge in [-0.2, -0.15) is 0 Å². The maximum Gasteiger partial charge on any atom is 0.337 e. The van der Waals surface area contributed by atoms with Crippen molar-refractivity contribution in [2.75, 3.05) is 17.3 Å². The molecule has 0 unspecified atom stereocenters. The number of carbonyl (C=O) groups is 1. The predicted molar refractivity (Wildman–Crippen MR) is 70.9 cm³/mol. The van der Waals surface area contributed by atoms with Gasteiger partial charge in [-0.05, 0) is 18.6 Å². The van der Waals surface area contributed by atoms with Crippen molar-refractivity contribution < 1.29 is 18.3 Å². The summed E-state index contributed by atoms with van der Waals surface area (Å²) in [5.41, 5.74) is 0.123. The Balaban J connectivity index is 2.47. The van der Waals surface area contributed by atoms with Crippen LogP contribution in [0, 0.1) is 0 Å². The van der Waals surface area contributed by atoms with Crippen LogP contribution in [0.3, 0.4) is 0 Å². The highest BCUT2D eigenvalue weighted by Gasteiger charge is 2.09. The highest BCUT2D eigenvalue weighted by molar-refractivity contribution is 8.00. The normalized spacial score (nSPS) is 11.4. The first-order chi connectivity index (χ1) is 8.44. The van der Waals surface area contributed by atoms with E-state index < -0.39 is 15.8 Å². The Morgan fingerprint density at radius 2 is 2.11 bits per heavy atom. The first-order valence-corrected chi connectivity index (χ1v) is 8.28. The van der Waals surface area contributed by atoms with Crippen LogP contribution in [0.15, 0.2) is 23.4 Å². The van der Waals surface area contributed by atoms with Crippen molar-refractivity contribution in [3.8, 4) is 0 Å². The molecule has 0 aliphatic carbocycles. The summed E-state index contributed by atoms with van der Waals surface area (Å²) in [5, 5.41) is 9.32. The summed E-state index contributed by atoms with van der Waals surface area (Å²) in [6.45, 7) is 1.83. The van der Waals surface area contributed by atoms with E-state index in [1.807, 2.05) is 6.92 Å². The standard InChI is InChI=1S/C11H15NO4S2/c1-2-6-18(15,16)7-5-17-10-4-3-9(8-12-10)11(13)14/h3-4,8H,2,5-7H2,1H3,(H,13,14). The van der Waals surface area contributed by atoms with Gasteiger partial charge in [-0.15, -0.1) is 11.8 Å². The van der Waals surface area contributed by atoms with E-state index >= 15 is 0 Å². The molecule has 7 heteroatoms. The lowest BCUT2D eigenvalue weighted by Crippen LogP contribution is -2.12. The molecule has 0 fully saturated rings. The molecule has 0 saturated carbocycles. The van der Waals surface area contributed by atoms with Crippen LogP contribution in [0.1, 0.15) is 23.7 Å². The van der Waals surface area contributed by atoms with Gasteiger partial charge in [-0.25, -0.2) is 18.2 Å². The van der Waals surface area contributed by atoms with Crippen LogP contribution in [-0.2, 0) is 9.84 Å². The topological polar surface area (TPSA) is 84.3 Å². The Kier molecular flexibility index (Phi) is 5.61. The molecule has 1 aromatic heterocycles. The van der Waals surface area contributed by atoms with Gasteiger partial charge in [0.2, 0.25) is 0 Å². The minimum Gasteiger partial charge on any atom is -0.478 e. The lowest BCUT2D eigenvalue weighted by atomic mass is 10.3. The molecule has 0 aliphatic rings. The lowest BCUT2D eigenvalue weighted by Gasteiger charge is -2.02. The second-order valence-electron chi connectivity index (χ2n) is 3.69. The summed E-state index contributed by atoms with van der Waals surface area (Å²) in [5.74, 6) is -0.265. The molecule has 1 rings (SSSR count). The van der Waals surface area contributed by atoms with Gasteiger partial charge < -0.3 is 5.11 Å². The van der Waals surface area contributed by atoms with E-state index in [1.165, 1.54) is 24.0 Å². The van der Waals surface area contributed by atoms with Crippen LogP contribution in [-0.4, -0.2) is 41.7 Å². The highest BCUT2D eigenvalue weighted by Crippen LogP contribution is 2.15. The lowest BCUT2D eigenvalue weighted by molar-refractivity contribution is 0.0696. The molecule has 100 valence electrons. The summed E-state index contributed by atoms with van der Waals surface area (Å²) < 4.78 is 22.9. The maximum atomic E-state index is 11.5. The van der Waals surface area contributed by atoms with Gasteiger partial charge in [0.1, 0.15) is 0 Å². The molecule has 18 heavy (non-hydrogen) atoms. The number of thioether (sulfide) groups is 1. The fourth-order valence-corrected chi connectivity index (χ4v) is 3.95. The minimum absolute atomic E-state index is 0.119. The van der Waals surface area contributed by atoms with Gasteiger partial charge in [0.25, 0.3) is 0 Å². The minimum atomic E-state index is -2.97. The number of pyridine rings is 1. The van der Waals surface area contributed by atoms with E-state index in [0.29, 0.717) is 17.2 Å². The summed E-state index contributed by atoms with van der Waals surface area (Å²) in [7, 11) is -2.97. The Morgan fingerprint density at radius 1 is 1.39 bits per heavy atom. The van der Waals surface area contributed by atoms with E-state index in [9.17, 15) is 13.2 Å². The van der Waals surface area contributed by atoms with Crippen LogP contribution in [0.5, 0.6) is 0 Å². The zero-order valence-electron chi connectivity index (χ0n) is 10.00. The average molecular weight is 289 g/mol. The molecule has 1 heterocycles. The van der Waals surface area contributed by atoms with Gasteiger partial charge in [-0.3, -0.25) is 0 Å². The molecule has 0 amide bonds. The Hall–Kier alpha value is -1.08. The third-order valence-electron chi connectivity index (χ3n) is 2.14. The SMILES string of the molecule is CCCS(=O)(=O)CCSc1ccc(C(=O)O)cn1. The molecule has 1 aromatic rings. The number of aromatic carboxylic acids is 1. The molecule has 0 radical (unpaired) electrons. The van der Waals surface area contributed by atoms with Crippen molar-refractivity contribution in [3.05, 3.63) is 23.9 Å². The van der Waals surface area contributed by atoms with Crippen molar-refractivity contribution in [2.45, 2.75) is 18.4 Å². The number of hydrogen-bond donors (Lipinski definition) is 1. The molecule has 0 bridgehead atoms. The van der Waals surface area contributed by atoms with Gasteiger partial charge >= 0.3 is 5.97 Å². The predicted octanol–water partition coefficient (Wildman–Crippen LogP) is 1.70. The summed E-state index contributed by atoms with van der Waals surface area (Å²) in [4.78, 5) is 14.6. The Bertz CT molecular complexity index is 496. The van der Waals surface area contributed by atoms with Crippen LogP contribution in [0.25, 0.3) is 0 Å². The number of rotatable bonds is 7. The number of sulfone groups is 1. The molecule has 0 spiro atoms. The summed E-state index contributed by atoms with van der Waals surface area (Å²) in [6, 6.07) is 3.04. The zero-order chi connectivity index (χ0) is 13.6. The van der Waals surface area contributed by atoms with Crippen molar-refractivity contribution >= 4 is 27.6 Å². The van der Waals surface area contributed by atoms with Crippen molar-refractivity contribution in [1.82, 2.24) is 4.98 Å². The van der Waals surface area contributed by atoms with Gasteiger partial charge in [-0.1, -0.05) is 6.92 Å². The third kappa shape index (κ3) is 5.05. The third-order valence-corrected chi connectivity index (χ3v) is 5.20. The van der Waals surface area contributed by atoms with Gasteiger partial charge in [0.15, 0.2) is 9.84 Å².